The number of hydrogen-bond acceptors (Lipinski definition) is 4. The van der Waals surface area contributed by atoms with E-state index in [4.69, 9.17) is 5.11 Å². The first-order valence-corrected chi connectivity index (χ1v) is 8.95. The molecule has 1 aliphatic heterocycles. The fourth-order valence-electron chi connectivity index (χ4n) is 2.40. The van der Waals surface area contributed by atoms with E-state index in [1.807, 2.05) is 0 Å². The van der Waals surface area contributed by atoms with Gasteiger partial charge in [-0.1, -0.05) is 0 Å². The normalized spacial score (nSPS) is 15.5. The van der Waals surface area contributed by atoms with E-state index in [-0.39, 0.29) is 23.8 Å². The summed E-state index contributed by atoms with van der Waals surface area (Å²) in [5.41, 5.74) is 0.348. The summed E-state index contributed by atoms with van der Waals surface area (Å²) in [7, 11) is -3.48. The minimum Gasteiger partial charge on any atom is -0.481 e. The molecule has 1 heterocycles. The first kappa shape index (κ1) is 17.4. The van der Waals surface area contributed by atoms with Crippen molar-refractivity contribution in [1.29, 1.82) is 0 Å². The highest BCUT2D eigenvalue weighted by Crippen LogP contribution is 2.21. The Hall–Kier alpha value is -1.93. The average molecular weight is 340 g/mol. The van der Waals surface area contributed by atoms with Crippen LogP contribution in [0.1, 0.15) is 36.0 Å². The van der Waals surface area contributed by atoms with Crippen LogP contribution in [-0.4, -0.2) is 49.3 Å². The van der Waals surface area contributed by atoms with Crippen LogP contribution in [0.4, 0.5) is 0 Å². The first-order chi connectivity index (χ1) is 10.9. The molecule has 2 rings (SSSR count). The molecular formula is C15H20N2O5S. The van der Waals surface area contributed by atoms with Crippen LogP contribution in [-0.2, 0) is 14.8 Å². The van der Waals surface area contributed by atoms with E-state index in [1.54, 1.807) is 0 Å². The van der Waals surface area contributed by atoms with Crippen LogP contribution in [0, 0.1) is 0 Å². The van der Waals surface area contributed by atoms with Crippen molar-refractivity contribution in [3.05, 3.63) is 29.8 Å². The van der Waals surface area contributed by atoms with Gasteiger partial charge in [-0.3, -0.25) is 9.59 Å². The summed E-state index contributed by atoms with van der Waals surface area (Å²) in [4.78, 5) is 22.5. The summed E-state index contributed by atoms with van der Waals surface area (Å²) >= 11 is 0. The predicted molar refractivity (Wildman–Crippen MR) is 83.6 cm³/mol. The molecule has 2 N–H and O–H groups in total. The summed E-state index contributed by atoms with van der Waals surface area (Å²) in [6, 6.07) is 5.80. The lowest BCUT2D eigenvalue weighted by Crippen LogP contribution is -2.28. The Kier molecular flexibility index (Phi) is 5.73. The molecule has 126 valence electrons. The topological polar surface area (TPSA) is 104 Å². The van der Waals surface area contributed by atoms with Gasteiger partial charge in [-0.25, -0.2) is 8.42 Å². The highest BCUT2D eigenvalue weighted by atomic mass is 32.2. The third-order valence-electron chi connectivity index (χ3n) is 3.67. The number of carboxylic acid groups (broad SMARTS) is 1. The Balaban J connectivity index is 1.96. The van der Waals surface area contributed by atoms with E-state index < -0.39 is 16.0 Å². The molecule has 1 aliphatic rings. The van der Waals surface area contributed by atoms with Crippen molar-refractivity contribution in [3.63, 3.8) is 0 Å². The summed E-state index contributed by atoms with van der Waals surface area (Å²) in [5.74, 6) is -1.25. The number of rotatable bonds is 7. The van der Waals surface area contributed by atoms with E-state index in [0.717, 1.165) is 12.8 Å². The van der Waals surface area contributed by atoms with Crippen LogP contribution in [0.2, 0.25) is 0 Å². The number of aliphatic carboxylic acids is 1. The Bertz CT molecular complexity index is 664. The number of carbonyl (C=O) groups excluding carboxylic acids is 1. The summed E-state index contributed by atoms with van der Waals surface area (Å²) < 4.78 is 26.2. The van der Waals surface area contributed by atoms with Crippen molar-refractivity contribution in [2.24, 2.45) is 0 Å². The largest absolute Gasteiger partial charge is 0.481 e. The highest BCUT2D eigenvalue weighted by molar-refractivity contribution is 7.89. The minimum atomic E-state index is -3.48. The molecule has 1 aromatic carbocycles. The number of carbonyl (C=O) groups is 2. The SMILES string of the molecule is O=C(O)CCCNC(=O)c1ccc(S(=O)(=O)N2CCCC2)cc1. The molecule has 0 spiro atoms. The van der Waals surface area contributed by atoms with Gasteiger partial charge in [0.25, 0.3) is 5.91 Å². The third-order valence-corrected chi connectivity index (χ3v) is 5.59. The second kappa shape index (κ2) is 7.56. The van der Waals surface area contributed by atoms with Gasteiger partial charge in [-0.15, -0.1) is 0 Å². The van der Waals surface area contributed by atoms with Crippen LogP contribution in [0.15, 0.2) is 29.2 Å². The van der Waals surface area contributed by atoms with Crippen LogP contribution < -0.4 is 5.32 Å². The van der Waals surface area contributed by atoms with Crippen LogP contribution >= 0.6 is 0 Å². The Morgan fingerprint density at radius 3 is 2.30 bits per heavy atom. The van der Waals surface area contributed by atoms with Crippen LogP contribution in [0.25, 0.3) is 0 Å². The maximum atomic E-state index is 12.4. The Labute approximate surface area is 135 Å². The number of benzene rings is 1. The van der Waals surface area contributed by atoms with Crippen molar-refractivity contribution in [3.8, 4) is 0 Å². The summed E-state index contributed by atoms with van der Waals surface area (Å²) in [6.45, 7) is 1.33. The Morgan fingerprint density at radius 2 is 1.74 bits per heavy atom. The van der Waals surface area contributed by atoms with E-state index >= 15 is 0 Å². The van der Waals surface area contributed by atoms with E-state index in [1.165, 1.54) is 28.6 Å². The first-order valence-electron chi connectivity index (χ1n) is 7.51. The Morgan fingerprint density at radius 1 is 1.13 bits per heavy atom. The van der Waals surface area contributed by atoms with Gasteiger partial charge < -0.3 is 10.4 Å². The van der Waals surface area contributed by atoms with E-state index in [9.17, 15) is 18.0 Å². The molecule has 8 heteroatoms. The van der Waals surface area contributed by atoms with Crippen molar-refractivity contribution >= 4 is 21.9 Å². The van der Waals surface area contributed by atoms with Crippen LogP contribution in [0.3, 0.4) is 0 Å². The van der Waals surface area contributed by atoms with E-state index in [0.29, 0.717) is 25.1 Å². The lowest BCUT2D eigenvalue weighted by atomic mass is 10.2. The lowest BCUT2D eigenvalue weighted by molar-refractivity contribution is -0.137. The van der Waals surface area contributed by atoms with Gasteiger partial charge in [-0.05, 0) is 43.5 Å². The minimum absolute atomic E-state index is 0.00665. The van der Waals surface area contributed by atoms with Crippen molar-refractivity contribution in [2.75, 3.05) is 19.6 Å². The highest BCUT2D eigenvalue weighted by Gasteiger charge is 2.27. The zero-order chi connectivity index (χ0) is 16.9. The zero-order valence-electron chi connectivity index (χ0n) is 12.7. The summed E-state index contributed by atoms with van der Waals surface area (Å²) in [5, 5.41) is 11.1. The molecule has 1 fully saturated rings. The van der Waals surface area contributed by atoms with Gasteiger partial charge >= 0.3 is 5.97 Å². The van der Waals surface area contributed by atoms with Crippen molar-refractivity contribution in [1.82, 2.24) is 9.62 Å². The predicted octanol–water partition coefficient (Wildman–Crippen LogP) is 1.07. The molecule has 0 unspecified atom stereocenters. The molecule has 23 heavy (non-hydrogen) atoms. The molecule has 0 bridgehead atoms. The molecule has 0 atom stereocenters. The van der Waals surface area contributed by atoms with Gasteiger partial charge in [0.1, 0.15) is 0 Å². The number of sulfonamides is 1. The molecule has 0 aliphatic carbocycles. The van der Waals surface area contributed by atoms with Crippen molar-refractivity contribution in [2.45, 2.75) is 30.6 Å². The number of nitrogens with zero attached hydrogens (tertiary/aromatic N) is 1. The molecular weight excluding hydrogens is 320 g/mol. The fourth-order valence-corrected chi connectivity index (χ4v) is 3.92. The molecule has 1 amide bonds. The van der Waals surface area contributed by atoms with Gasteiger partial charge in [-0.2, -0.15) is 4.31 Å². The maximum absolute atomic E-state index is 12.4. The number of hydrogen-bond donors (Lipinski definition) is 2. The van der Waals surface area contributed by atoms with Crippen LogP contribution in [0.5, 0.6) is 0 Å². The van der Waals surface area contributed by atoms with Gasteiger partial charge in [0.15, 0.2) is 0 Å². The smallest absolute Gasteiger partial charge is 0.303 e. The fraction of sp³-hybridized carbons (Fsp3) is 0.467. The maximum Gasteiger partial charge on any atom is 0.303 e. The van der Waals surface area contributed by atoms with Gasteiger partial charge in [0.05, 0.1) is 4.90 Å². The number of amides is 1. The molecule has 1 saturated heterocycles. The third kappa shape index (κ3) is 4.52. The van der Waals surface area contributed by atoms with Gasteiger partial charge in [0.2, 0.25) is 10.0 Å². The quantitative estimate of drug-likeness (QED) is 0.723. The van der Waals surface area contributed by atoms with E-state index in [2.05, 4.69) is 5.32 Å². The second-order valence-corrected chi connectivity index (χ2v) is 7.33. The lowest BCUT2D eigenvalue weighted by Gasteiger charge is -2.15. The number of carboxylic acids is 1. The molecule has 0 radical (unpaired) electrons. The molecule has 1 aromatic rings. The molecule has 7 nitrogen and oxygen atoms in total. The second-order valence-electron chi connectivity index (χ2n) is 5.39. The molecule has 0 aromatic heterocycles. The average Bonchev–Trinajstić information content (AvgIpc) is 3.06. The zero-order valence-corrected chi connectivity index (χ0v) is 13.5. The summed E-state index contributed by atoms with van der Waals surface area (Å²) in [6.07, 6.45) is 2.09. The molecule has 0 saturated carbocycles. The van der Waals surface area contributed by atoms with Crippen molar-refractivity contribution < 1.29 is 23.1 Å². The number of nitrogens with one attached hydrogen (secondary N) is 1. The monoisotopic (exact) mass is 340 g/mol. The van der Waals surface area contributed by atoms with Gasteiger partial charge in [0, 0.05) is 31.6 Å². The standard InChI is InChI=1S/C15H20N2O5S/c18-14(19)4-3-9-16-15(20)12-5-7-13(8-6-12)23(21,22)17-10-1-2-11-17/h5-8H,1-4,9-11H2,(H,16,20)(H,18,19).